The molecule has 2 N–H and O–H groups in total. The first-order valence-corrected chi connectivity index (χ1v) is 7.57. The summed E-state index contributed by atoms with van der Waals surface area (Å²) in [5, 5.41) is 12.2. The Labute approximate surface area is 137 Å². The molecule has 0 aromatic heterocycles. The lowest BCUT2D eigenvalue weighted by Crippen LogP contribution is -2.40. The molecular weight excluding hydrogens is 321 g/mol. The Kier molecular flexibility index (Phi) is 4.50. The molecule has 2 aromatic carbocycles. The van der Waals surface area contributed by atoms with Crippen LogP contribution in [0.1, 0.15) is 17.2 Å². The topological polar surface area (TPSA) is 58.6 Å². The van der Waals surface area contributed by atoms with Crippen LogP contribution in [0, 0.1) is 5.82 Å². The highest BCUT2D eigenvalue weighted by Gasteiger charge is 2.30. The summed E-state index contributed by atoms with van der Waals surface area (Å²) in [6, 6.07) is 10.9. The van der Waals surface area contributed by atoms with Crippen molar-refractivity contribution in [3.63, 3.8) is 0 Å². The van der Waals surface area contributed by atoms with Crippen molar-refractivity contribution in [1.82, 2.24) is 5.32 Å². The summed E-state index contributed by atoms with van der Waals surface area (Å²) in [7, 11) is 0. The van der Waals surface area contributed by atoms with Gasteiger partial charge in [0.1, 0.15) is 11.6 Å². The molecule has 2 atom stereocenters. The molecule has 3 rings (SSSR count). The molecule has 6 heteroatoms. The lowest BCUT2D eigenvalue weighted by atomic mass is 10.1. The summed E-state index contributed by atoms with van der Waals surface area (Å²) in [4.78, 5) is 12.3. The summed E-state index contributed by atoms with van der Waals surface area (Å²) < 4.78 is 19.1. The van der Waals surface area contributed by atoms with E-state index in [1.54, 1.807) is 12.1 Å². The number of aliphatic hydroxyl groups is 1. The van der Waals surface area contributed by atoms with E-state index in [1.807, 2.05) is 18.2 Å². The lowest BCUT2D eigenvalue weighted by Gasteiger charge is -2.19. The quantitative estimate of drug-likeness (QED) is 0.903. The molecule has 0 fully saturated rings. The minimum absolute atomic E-state index is 0.00802. The lowest BCUT2D eigenvalue weighted by molar-refractivity contribution is -0.128. The van der Waals surface area contributed by atoms with Crippen LogP contribution in [-0.4, -0.2) is 23.7 Å². The van der Waals surface area contributed by atoms with Crippen molar-refractivity contribution in [2.75, 3.05) is 6.61 Å². The van der Waals surface area contributed by atoms with Gasteiger partial charge in [-0.2, -0.15) is 0 Å². The third kappa shape index (κ3) is 3.30. The van der Waals surface area contributed by atoms with Gasteiger partial charge in [0.05, 0.1) is 17.7 Å². The number of halogens is 2. The minimum atomic E-state index is -0.721. The molecule has 0 aliphatic carbocycles. The van der Waals surface area contributed by atoms with E-state index in [0.717, 1.165) is 5.56 Å². The molecule has 1 heterocycles. The van der Waals surface area contributed by atoms with E-state index in [1.165, 1.54) is 12.1 Å². The molecule has 1 aliphatic heterocycles. The summed E-state index contributed by atoms with van der Waals surface area (Å²) >= 11 is 5.64. The molecule has 0 bridgehead atoms. The number of carbonyl (C=O) groups excluding carboxylic acids is 1. The van der Waals surface area contributed by atoms with Crippen molar-refractivity contribution in [1.29, 1.82) is 0 Å². The van der Waals surface area contributed by atoms with Crippen LogP contribution in [0.3, 0.4) is 0 Å². The number of benzene rings is 2. The van der Waals surface area contributed by atoms with Crippen LogP contribution in [0.4, 0.5) is 4.39 Å². The number of fused-ring (bicyclic) bond motifs is 1. The van der Waals surface area contributed by atoms with Gasteiger partial charge in [0.2, 0.25) is 0 Å². The zero-order valence-corrected chi connectivity index (χ0v) is 12.9. The van der Waals surface area contributed by atoms with Gasteiger partial charge in [0.15, 0.2) is 6.10 Å². The Morgan fingerprint density at radius 3 is 2.87 bits per heavy atom. The molecule has 1 aliphatic rings. The second kappa shape index (κ2) is 6.56. The number of aliphatic hydroxyl groups excluding tert-OH is 1. The van der Waals surface area contributed by atoms with Crippen LogP contribution in [-0.2, 0) is 11.2 Å². The van der Waals surface area contributed by atoms with E-state index in [9.17, 15) is 14.3 Å². The Morgan fingerprint density at radius 1 is 1.39 bits per heavy atom. The smallest absolute Gasteiger partial charge is 0.261 e. The Balaban J connectivity index is 1.70. The molecule has 0 spiro atoms. The second-order valence-electron chi connectivity index (χ2n) is 5.34. The Morgan fingerprint density at radius 2 is 2.17 bits per heavy atom. The number of nitrogens with one attached hydrogen (secondary N) is 1. The molecular formula is C17H15ClFNO3. The molecule has 0 saturated carbocycles. The van der Waals surface area contributed by atoms with Crippen molar-refractivity contribution in [2.45, 2.75) is 18.6 Å². The third-order valence-corrected chi connectivity index (χ3v) is 4.09. The van der Waals surface area contributed by atoms with Gasteiger partial charge in [-0.05, 0) is 29.3 Å². The van der Waals surface area contributed by atoms with Crippen molar-refractivity contribution in [3.05, 3.63) is 64.4 Å². The van der Waals surface area contributed by atoms with E-state index in [0.29, 0.717) is 17.7 Å². The van der Waals surface area contributed by atoms with Gasteiger partial charge in [-0.15, -0.1) is 0 Å². The first kappa shape index (κ1) is 15.8. The van der Waals surface area contributed by atoms with Crippen molar-refractivity contribution in [2.24, 2.45) is 0 Å². The molecule has 1 amide bonds. The number of hydrogen-bond donors (Lipinski definition) is 2. The standard InChI is InChI=1S/C17H15ClFNO3/c18-12-6-5-10(7-13(12)19)14(9-21)20-17(22)16-8-11-3-1-2-4-15(11)23-16/h1-7,14,16,21H,8-9H2,(H,20,22). The maximum atomic E-state index is 13.5. The zero-order valence-electron chi connectivity index (χ0n) is 12.1. The fourth-order valence-electron chi connectivity index (χ4n) is 2.56. The van der Waals surface area contributed by atoms with E-state index < -0.39 is 18.0 Å². The van der Waals surface area contributed by atoms with E-state index >= 15 is 0 Å². The first-order valence-electron chi connectivity index (χ1n) is 7.19. The van der Waals surface area contributed by atoms with Crippen LogP contribution in [0.25, 0.3) is 0 Å². The van der Waals surface area contributed by atoms with Crippen LogP contribution in [0.2, 0.25) is 5.02 Å². The predicted octanol–water partition coefficient (Wildman–Crippen LogP) is 2.63. The SMILES string of the molecule is O=C(NC(CO)c1ccc(Cl)c(F)c1)C1Cc2ccccc2O1. The van der Waals surface area contributed by atoms with Gasteiger partial charge >= 0.3 is 0 Å². The highest BCUT2D eigenvalue weighted by Crippen LogP contribution is 2.28. The van der Waals surface area contributed by atoms with Gasteiger partial charge in [-0.3, -0.25) is 4.79 Å². The third-order valence-electron chi connectivity index (χ3n) is 3.78. The van der Waals surface area contributed by atoms with Crippen LogP contribution >= 0.6 is 11.6 Å². The molecule has 2 aromatic rings. The number of carbonyl (C=O) groups is 1. The fourth-order valence-corrected chi connectivity index (χ4v) is 2.67. The maximum absolute atomic E-state index is 13.5. The average Bonchev–Trinajstić information content (AvgIpc) is 2.99. The van der Waals surface area contributed by atoms with Crippen LogP contribution < -0.4 is 10.1 Å². The fraction of sp³-hybridized carbons (Fsp3) is 0.235. The van der Waals surface area contributed by atoms with Crippen molar-refractivity contribution in [3.8, 4) is 5.75 Å². The summed E-state index contributed by atoms with van der Waals surface area (Å²) in [5.41, 5.74) is 1.41. The van der Waals surface area contributed by atoms with Crippen molar-refractivity contribution < 1.29 is 19.0 Å². The number of ether oxygens (including phenoxy) is 1. The van der Waals surface area contributed by atoms with Gasteiger partial charge in [0.25, 0.3) is 5.91 Å². The van der Waals surface area contributed by atoms with E-state index in [-0.39, 0.29) is 17.5 Å². The molecule has 0 radical (unpaired) electrons. The summed E-state index contributed by atoms with van der Waals surface area (Å²) in [6.45, 7) is -0.355. The number of rotatable bonds is 4. The molecule has 4 nitrogen and oxygen atoms in total. The minimum Gasteiger partial charge on any atom is -0.480 e. The van der Waals surface area contributed by atoms with Crippen molar-refractivity contribution >= 4 is 17.5 Å². The van der Waals surface area contributed by atoms with Gasteiger partial charge in [-0.1, -0.05) is 35.9 Å². The number of hydrogen-bond acceptors (Lipinski definition) is 3. The highest BCUT2D eigenvalue weighted by molar-refractivity contribution is 6.30. The summed E-state index contributed by atoms with van der Waals surface area (Å²) in [5.74, 6) is -0.261. The highest BCUT2D eigenvalue weighted by atomic mass is 35.5. The van der Waals surface area contributed by atoms with E-state index in [2.05, 4.69) is 5.32 Å². The monoisotopic (exact) mass is 335 g/mol. The number of para-hydroxylation sites is 1. The molecule has 23 heavy (non-hydrogen) atoms. The first-order chi connectivity index (χ1) is 11.1. The maximum Gasteiger partial charge on any atom is 0.261 e. The normalized spacial score (nSPS) is 17.3. The molecule has 0 saturated heterocycles. The Hall–Kier alpha value is -2.11. The predicted molar refractivity (Wildman–Crippen MR) is 83.9 cm³/mol. The molecule has 120 valence electrons. The van der Waals surface area contributed by atoms with Gasteiger partial charge in [-0.25, -0.2) is 4.39 Å². The largest absolute Gasteiger partial charge is 0.480 e. The van der Waals surface area contributed by atoms with E-state index in [4.69, 9.17) is 16.3 Å². The number of amides is 1. The van der Waals surface area contributed by atoms with Gasteiger partial charge in [0, 0.05) is 6.42 Å². The molecule has 2 unspecified atom stereocenters. The Bertz CT molecular complexity index is 713. The van der Waals surface area contributed by atoms with Gasteiger partial charge < -0.3 is 15.2 Å². The average molecular weight is 336 g/mol. The summed E-state index contributed by atoms with van der Waals surface area (Å²) in [6.07, 6.45) is -0.187. The van der Waals surface area contributed by atoms with Crippen LogP contribution in [0.5, 0.6) is 5.75 Å². The van der Waals surface area contributed by atoms with Crippen LogP contribution in [0.15, 0.2) is 42.5 Å². The zero-order chi connectivity index (χ0) is 16.4. The second-order valence-corrected chi connectivity index (χ2v) is 5.74.